The molecular weight excluding hydrogens is 260 g/mol. The van der Waals surface area contributed by atoms with Crippen LogP contribution in [0.1, 0.15) is 49.9 Å². The first-order chi connectivity index (χ1) is 8.98. The third-order valence-electron chi connectivity index (χ3n) is 3.91. The molecule has 0 aromatic heterocycles. The molecule has 0 N–H and O–H groups in total. The minimum atomic E-state index is -0.0320. The van der Waals surface area contributed by atoms with E-state index in [0.717, 1.165) is 25.7 Å². The average Bonchev–Trinajstić information content (AvgIpc) is 2.38. The highest BCUT2D eigenvalue weighted by Gasteiger charge is 2.27. The van der Waals surface area contributed by atoms with Crippen molar-refractivity contribution in [3.8, 4) is 0 Å². The number of rotatable bonds is 4. The molecule has 0 saturated heterocycles. The predicted molar refractivity (Wildman–Crippen MR) is 77.8 cm³/mol. The fourth-order valence-corrected chi connectivity index (χ4v) is 2.74. The Labute approximate surface area is 120 Å². The topological polar surface area (TPSA) is 26.3 Å². The number of ketones is 1. The molecule has 0 heterocycles. The molecule has 0 aliphatic heterocycles. The van der Waals surface area contributed by atoms with Crippen LogP contribution in [0.5, 0.6) is 0 Å². The van der Waals surface area contributed by atoms with Crippen LogP contribution in [0.15, 0.2) is 24.3 Å². The van der Waals surface area contributed by atoms with Gasteiger partial charge in [0.15, 0.2) is 5.78 Å². The maximum atomic E-state index is 12.0. The monoisotopic (exact) mass is 280 g/mol. The highest BCUT2D eigenvalue weighted by Crippen LogP contribution is 2.36. The van der Waals surface area contributed by atoms with Gasteiger partial charge in [-0.1, -0.05) is 37.6 Å². The van der Waals surface area contributed by atoms with E-state index in [2.05, 4.69) is 13.8 Å². The molecule has 19 heavy (non-hydrogen) atoms. The molecule has 0 radical (unpaired) electrons. The van der Waals surface area contributed by atoms with Crippen LogP contribution in [0.2, 0.25) is 5.02 Å². The number of carbonyl (C=O) groups excluding carboxylic acids is 1. The van der Waals surface area contributed by atoms with Crippen LogP contribution in [0, 0.1) is 5.41 Å². The molecule has 1 aliphatic carbocycles. The van der Waals surface area contributed by atoms with Gasteiger partial charge in [0.25, 0.3) is 0 Å². The summed E-state index contributed by atoms with van der Waals surface area (Å²) >= 11 is 6.00. The van der Waals surface area contributed by atoms with Gasteiger partial charge in [0.05, 0.1) is 11.1 Å². The van der Waals surface area contributed by atoms with Crippen LogP contribution in [-0.2, 0) is 4.74 Å². The summed E-state index contributed by atoms with van der Waals surface area (Å²) < 4.78 is 5.74. The van der Waals surface area contributed by atoms with E-state index in [1.54, 1.807) is 12.1 Å². The van der Waals surface area contributed by atoms with E-state index in [0.29, 0.717) is 16.0 Å². The smallest absolute Gasteiger partial charge is 0.189 e. The van der Waals surface area contributed by atoms with Crippen LogP contribution >= 0.6 is 11.6 Å². The fourth-order valence-electron chi connectivity index (χ4n) is 2.50. The van der Waals surface area contributed by atoms with E-state index in [1.165, 1.54) is 0 Å². The van der Waals surface area contributed by atoms with Gasteiger partial charge in [0, 0.05) is 5.56 Å². The number of carbonyl (C=O) groups is 1. The molecule has 104 valence electrons. The number of hydrogen-bond acceptors (Lipinski definition) is 2. The van der Waals surface area contributed by atoms with Crippen molar-refractivity contribution in [1.82, 2.24) is 0 Å². The molecule has 2 nitrogen and oxygen atoms in total. The van der Waals surface area contributed by atoms with E-state index >= 15 is 0 Å². The highest BCUT2D eigenvalue weighted by molar-refractivity contribution is 6.34. The molecule has 2 rings (SSSR count). The summed E-state index contributed by atoms with van der Waals surface area (Å²) in [6.45, 7) is 4.71. The molecule has 1 aromatic carbocycles. The lowest BCUT2D eigenvalue weighted by Crippen LogP contribution is -2.28. The summed E-state index contributed by atoms with van der Waals surface area (Å²) in [6.07, 6.45) is 4.64. The van der Waals surface area contributed by atoms with Crippen LogP contribution in [0.4, 0.5) is 0 Å². The van der Waals surface area contributed by atoms with Crippen molar-refractivity contribution in [2.75, 3.05) is 6.61 Å². The van der Waals surface area contributed by atoms with Crippen LogP contribution in [-0.4, -0.2) is 18.5 Å². The summed E-state index contributed by atoms with van der Waals surface area (Å²) in [7, 11) is 0. The van der Waals surface area contributed by atoms with Crippen LogP contribution < -0.4 is 0 Å². The number of ether oxygens (including phenoxy) is 1. The van der Waals surface area contributed by atoms with E-state index in [-0.39, 0.29) is 18.5 Å². The first-order valence-electron chi connectivity index (χ1n) is 6.87. The molecule has 1 fully saturated rings. The largest absolute Gasteiger partial charge is 0.370 e. The second kappa shape index (κ2) is 6.06. The first-order valence-corrected chi connectivity index (χ1v) is 7.25. The van der Waals surface area contributed by atoms with Crippen molar-refractivity contribution in [1.29, 1.82) is 0 Å². The Morgan fingerprint density at radius 1 is 1.32 bits per heavy atom. The first kappa shape index (κ1) is 14.5. The Morgan fingerprint density at radius 2 is 1.95 bits per heavy atom. The van der Waals surface area contributed by atoms with Crippen LogP contribution in [0.25, 0.3) is 0 Å². The van der Waals surface area contributed by atoms with Gasteiger partial charge in [-0.2, -0.15) is 0 Å². The number of halogens is 1. The third-order valence-corrected chi connectivity index (χ3v) is 4.24. The zero-order valence-electron chi connectivity index (χ0n) is 11.6. The molecule has 0 bridgehead atoms. The average molecular weight is 281 g/mol. The maximum Gasteiger partial charge on any atom is 0.189 e. The quantitative estimate of drug-likeness (QED) is 0.759. The van der Waals surface area contributed by atoms with Crippen molar-refractivity contribution in [3.05, 3.63) is 34.9 Å². The lowest BCUT2D eigenvalue weighted by Gasteiger charge is -2.34. The Kier molecular flexibility index (Phi) is 4.64. The van der Waals surface area contributed by atoms with Crippen molar-refractivity contribution in [2.45, 2.75) is 45.6 Å². The standard InChI is InChI=1S/C16H21ClO2/c1-16(2)9-7-12(8-10-16)19-11-15(18)13-5-3-4-6-14(13)17/h3-6,12H,7-11H2,1-2H3. The molecule has 0 unspecified atom stereocenters. The van der Waals surface area contributed by atoms with Gasteiger partial charge in [-0.05, 0) is 43.2 Å². The highest BCUT2D eigenvalue weighted by atomic mass is 35.5. The zero-order valence-corrected chi connectivity index (χ0v) is 12.4. The molecule has 0 amide bonds. The van der Waals surface area contributed by atoms with Crippen molar-refractivity contribution >= 4 is 17.4 Å². The van der Waals surface area contributed by atoms with Gasteiger partial charge >= 0.3 is 0 Å². The molecule has 3 heteroatoms. The molecule has 1 aliphatic rings. The van der Waals surface area contributed by atoms with Gasteiger partial charge < -0.3 is 4.74 Å². The summed E-state index contributed by atoms with van der Waals surface area (Å²) in [6, 6.07) is 7.13. The SMILES string of the molecule is CC1(C)CCC(OCC(=O)c2ccccc2Cl)CC1. The van der Waals surface area contributed by atoms with Crippen LogP contribution in [0.3, 0.4) is 0 Å². The van der Waals surface area contributed by atoms with Gasteiger partial charge in [-0.15, -0.1) is 0 Å². The Balaban J connectivity index is 1.83. The molecular formula is C16H21ClO2. The number of benzene rings is 1. The van der Waals surface area contributed by atoms with Gasteiger partial charge in [-0.3, -0.25) is 4.79 Å². The van der Waals surface area contributed by atoms with Crippen molar-refractivity contribution < 1.29 is 9.53 Å². The number of Topliss-reactive ketones (excluding diaryl/α,β-unsaturated/α-hetero) is 1. The molecule has 0 atom stereocenters. The van der Waals surface area contributed by atoms with Gasteiger partial charge in [0.2, 0.25) is 0 Å². The minimum Gasteiger partial charge on any atom is -0.370 e. The van der Waals surface area contributed by atoms with E-state index in [9.17, 15) is 4.79 Å². The van der Waals surface area contributed by atoms with E-state index in [4.69, 9.17) is 16.3 Å². The molecule has 1 saturated carbocycles. The molecule has 0 spiro atoms. The molecule has 1 aromatic rings. The lowest BCUT2D eigenvalue weighted by atomic mass is 9.76. The predicted octanol–water partition coefficient (Wildman–Crippen LogP) is 4.51. The maximum absolute atomic E-state index is 12.0. The van der Waals surface area contributed by atoms with Gasteiger partial charge in [0.1, 0.15) is 6.61 Å². The summed E-state index contributed by atoms with van der Waals surface area (Å²) in [4.78, 5) is 12.0. The minimum absolute atomic E-state index is 0.0320. The summed E-state index contributed by atoms with van der Waals surface area (Å²) in [5.41, 5.74) is 0.979. The fraction of sp³-hybridized carbons (Fsp3) is 0.562. The Morgan fingerprint density at radius 3 is 2.58 bits per heavy atom. The normalized spacial score (nSPS) is 19.3. The Hall–Kier alpha value is -0.860. The third kappa shape index (κ3) is 4.05. The summed E-state index contributed by atoms with van der Waals surface area (Å²) in [5, 5.41) is 0.501. The van der Waals surface area contributed by atoms with Gasteiger partial charge in [-0.25, -0.2) is 0 Å². The lowest BCUT2D eigenvalue weighted by molar-refractivity contribution is 0.00863. The summed E-state index contributed by atoms with van der Waals surface area (Å²) in [5.74, 6) is -0.0320. The Bertz CT molecular complexity index is 444. The van der Waals surface area contributed by atoms with Crippen molar-refractivity contribution in [3.63, 3.8) is 0 Å². The van der Waals surface area contributed by atoms with E-state index in [1.807, 2.05) is 12.1 Å². The van der Waals surface area contributed by atoms with Crippen molar-refractivity contribution in [2.24, 2.45) is 5.41 Å². The second-order valence-electron chi connectivity index (χ2n) is 6.08. The van der Waals surface area contributed by atoms with E-state index < -0.39 is 0 Å². The number of hydrogen-bond donors (Lipinski definition) is 0. The second-order valence-corrected chi connectivity index (χ2v) is 6.48. The zero-order chi connectivity index (χ0) is 13.9.